The summed E-state index contributed by atoms with van der Waals surface area (Å²) in [5.41, 5.74) is 2.84. The number of rotatable bonds is 5. The molecule has 0 bridgehead atoms. The SMILES string of the molecule is CSC(CO)C(C)NC(=O)c1cc(C)cc(C)c1. The zero-order chi connectivity index (χ0) is 13.7. The molecule has 0 saturated heterocycles. The van der Waals surface area contributed by atoms with E-state index in [1.807, 2.05) is 45.2 Å². The minimum Gasteiger partial charge on any atom is -0.395 e. The van der Waals surface area contributed by atoms with E-state index in [2.05, 4.69) is 5.32 Å². The molecule has 0 aliphatic carbocycles. The summed E-state index contributed by atoms with van der Waals surface area (Å²) in [4.78, 5) is 12.1. The highest BCUT2D eigenvalue weighted by Gasteiger charge is 2.18. The number of aliphatic hydroxyl groups is 1. The molecule has 0 fully saturated rings. The van der Waals surface area contributed by atoms with Crippen LogP contribution >= 0.6 is 11.8 Å². The third-order valence-corrected chi connectivity index (χ3v) is 4.05. The topological polar surface area (TPSA) is 49.3 Å². The molecule has 0 heterocycles. The van der Waals surface area contributed by atoms with Gasteiger partial charge in [-0.1, -0.05) is 17.2 Å². The Kier molecular flexibility index (Phi) is 5.69. The molecule has 2 atom stereocenters. The van der Waals surface area contributed by atoms with Crippen LogP contribution < -0.4 is 5.32 Å². The largest absolute Gasteiger partial charge is 0.395 e. The van der Waals surface area contributed by atoms with Crippen LogP contribution in [0.1, 0.15) is 28.4 Å². The number of carbonyl (C=O) groups excluding carboxylic acids is 1. The van der Waals surface area contributed by atoms with Crippen LogP contribution in [0.25, 0.3) is 0 Å². The van der Waals surface area contributed by atoms with Crippen molar-refractivity contribution < 1.29 is 9.90 Å². The van der Waals surface area contributed by atoms with E-state index < -0.39 is 0 Å². The molecule has 0 spiro atoms. The summed E-state index contributed by atoms with van der Waals surface area (Å²) in [6, 6.07) is 5.74. The molecule has 0 aliphatic heterocycles. The summed E-state index contributed by atoms with van der Waals surface area (Å²) in [7, 11) is 0. The number of nitrogens with one attached hydrogen (secondary N) is 1. The molecule has 0 saturated carbocycles. The fourth-order valence-corrected chi connectivity index (χ4v) is 2.55. The van der Waals surface area contributed by atoms with Gasteiger partial charge in [0.1, 0.15) is 0 Å². The van der Waals surface area contributed by atoms with E-state index in [4.69, 9.17) is 0 Å². The number of carbonyl (C=O) groups is 1. The second kappa shape index (κ2) is 6.81. The van der Waals surface area contributed by atoms with Gasteiger partial charge in [0.15, 0.2) is 0 Å². The second-order valence-corrected chi connectivity index (χ2v) is 5.67. The van der Waals surface area contributed by atoms with Crippen molar-refractivity contribution in [3.05, 3.63) is 34.9 Å². The van der Waals surface area contributed by atoms with Crippen molar-refractivity contribution in [2.75, 3.05) is 12.9 Å². The molecule has 18 heavy (non-hydrogen) atoms. The van der Waals surface area contributed by atoms with E-state index in [1.54, 1.807) is 11.8 Å². The van der Waals surface area contributed by atoms with Gasteiger partial charge in [-0.15, -0.1) is 0 Å². The molecule has 1 aromatic carbocycles. The van der Waals surface area contributed by atoms with Gasteiger partial charge in [-0.3, -0.25) is 4.79 Å². The highest BCUT2D eigenvalue weighted by molar-refractivity contribution is 7.99. The van der Waals surface area contributed by atoms with E-state index in [9.17, 15) is 9.90 Å². The summed E-state index contributed by atoms with van der Waals surface area (Å²) in [5.74, 6) is -0.0817. The fraction of sp³-hybridized carbons (Fsp3) is 0.500. The van der Waals surface area contributed by atoms with Gasteiger partial charge in [0.2, 0.25) is 0 Å². The number of hydrogen-bond acceptors (Lipinski definition) is 3. The third-order valence-electron chi connectivity index (χ3n) is 2.88. The van der Waals surface area contributed by atoms with Crippen molar-refractivity contribution in [3.8, 4) is 0 Å². The molecule has 1 rings (SSSR count). The lowest BCUT2D eigenvalue weighted by Crippen LogP contribution is -2.41. The lowest BCUT2D eigenvalue weighted by Gasteiger charge is -2.21. The Bertz CT molecular complexity index is 396. The summed E-state index contributed by atoms with van der Waals surface area (Å²) < 4.78 is 0. The smallest absolute Gasteiger partial charge is 0.251 e. The van der Waals surface area contributed by atoms with E-state index >= 15 is 0 Å². The predicted octanol–water partition coefficient (Wildman–Crippen LogP) is 2.15. The standard InChI is InChI=1S/C14H21NO2S/c1-9-5-10(2)7-12(6-9)14(17)15-11(3)13(8-16)18-4/h5-7,11,13,16H,8H2,1-4H3,(H,15,17). The van der Waals surface area contributed by atoms with Gasteiger partial charge in [0.05, 0.1) is 6.61 Å². The van der Waals surface area contributed by atoms with Gasteiger partial charge in [0.25, 0.3) is 5.91 Å². The average molecular weight is 267 g/mol. The molecule has 2 unspecified atom stereocenters. The number of aliphatic hydroxyl groups excluding tert-OH is 1. The first kappa shape index (κ1) is 15.1. The molecule has 2 N–H and O–H groups in total. The Morgan fingerprint density at radius 3 is 2.33 bits per heavy atom. The van der Waals surface area contributed by atoms with E-state index in [1.165, 1.54) is 0 Å². The number of thioether (sulfide) groups is 1. The first-order valence-electron chi connectivity index (χ1n) is 6.00. The maximum absolute atomic E-state index is 12.1. The number of benzene rings is 1. The van der Waals surface area contributed by atoms with Crippen LogP contribution in [0.2, 0.25) is 0 Å². The van der Waals surface area contributed by atoms with Crippen molar-refractivity contribution in [2.45, 2.75) is 32.1 Å². The lowest BCUT2D eigenvalue weighted by molar-refractivity contribution is 0.0936. The number of hydrogen-bond donors (Lipinski definition) is 2. The van der Waals surface area contributed by atoms with Crippen molar-refractivity contribution in [1.82, 2.24) is 5.32 Å². The third kappa shape index (κ3) is 4.03. The molecule has 0 aliphatic rings. The van der Waals surface area contributed by atoms with Crippen molar-refractivity contribution in [3.63, 3.8) is 0 Å². The summed E-state index contributed by atoms with van der Waals surface area (Å²) in [6.07, 6.45) is 1.93. The van der Waals surface area contributed by atoms with Gasteiger partial charge in [-0.05, 0) is 39.2 Å². The fourth-order valence-electron chi connectivity index (χ4n) is 1.93. The average Bonchev–Trinajstić information content (AvgIpc) is 2.29. The quantitative estimate of drug-likeness (QED) is 0.859. The molecule has 1 aromatic rings. The Morgan fingerprint density at radius 2 is 1.89 bits per heavy atom. The zero-order valence-corrected chi connectivity index (χ0v) is 12.2. The molecule has 4 heteroatoms. The molecule has 3 nitrogen and oxygen atoms in total. The second-order valence-electron chi connectivity index (χ2n) is 4.60. The summed E-state index contributed by atoms with van der Waals surface area (Å²) in [6.45, 7) is 5.94. The monoisotopic (exact) mass is 267 g/mol. The Morgan fingerprint density at radius 1 is 1.33 bits per heavy atom. The number of amides is 1. The molecular weight excluding hydrogens is 246 g/mol. The minimum absolute atomic E-state index is 0.0276. The molecular formula is C14H21NO2S. The normalized spacial score (nSPS) is 14.1. The van der Waals surface area contributed by atoms with Gasteiger partial charge in [-0.25, -0.2) is 0 Å². The number of aryl methyl sites for hydroxylation is 2. The van der Waals surface area contributed by atoms with Crippen LogP contribution in [0.4, 0.5) is 0 Å². The molecule has 100 valence electrons. The predicted molar refractivity (Wildman–Crippen MR) is 77.2 cm³/mol. The van der Waals surface area contributed by atoms with E-state index in [0.717, 1.165) is 11.1 Å². The highest BCUT2D eigenvalue weighted by atomic mass is 32.2. The van der Waals surface area contributed by atoms with Crippen LogP contribution in [0.5, 0.6) is 0 Å². The van der Waals surface area contributed by atoms with Gasteiger partial charge in [0, 0.05) is 16.9 Å². The Labute approximate surface area is 113 Å². The van der Waals surface area contributed by atoms with Crippen molar-refractivity contribution >= 4 is 17.7 Å². The Balaban J connectivity index is 2.76. The van der Waals surface area contributed by atoms with E-state index in [-0.39, 0.29) is 23.8 Å². The van der Waals surface area contributed by atoms with Gasteiger partial charge < -0.3 is 10.4 Å². The highest BCUT2D eigenvalue weighted by Crippen LogP contribution is 2.12. The maximum atomic E-state index is 12.1. The minimum atomic E-state index is -0.0817. The first-order valence-corrected chi connectivity index (χ1v) is 7.29. The van der Waals surface area contributed by atoms with Gasteiger partial charge in [-0.2, -0.15) is 11.8 Å². The molecule has 0 radical (unpaired) electrons. The zero-order valence-electron chi connectivity index (χ0n) is 11.4. The van der Waals surface area contributed by atoms with Crippen LogP contribution in [0, 0.1) is 13.8 Å². The van der Waals surface area contributed by atoms with Crippen LogP contribution in [-0.2, 0) is 0 Å². The van der Waals surface area contributed by atoms with Crippen LogP contribution in [0.3, 0.4) is 0 Å². The molecule has 0 aromatic heterocycles. The maximum Gasteiger partial charge on any atom is 0.251 e. The van der Waals surface area contributed by atoms with E-state index in [0.29, 0.717) is 5.56 Å². The van der Waals surface area contributed by atoms with Crippen LogP contribution in [0.15, 0.2) is 18.2 Å². The van der Waals surface area contributed by atoms with Crippen LogP contribution in [-0.4, -0.2) is 35.2 Å². The van der Waals surface area contributed by atoms with Crippen molar-refractivity contribution in [2.24, 2.45) is 0 Å². The molecule has 1 amide bonds. The van der Waals surface area contributed by atoms with Gasteiger partial charge >= 0.3 is 0 Å². The summed E-state index contributed by atoms with van der Waals surface area (Å²) in [5, 5.41) is 12.2. The first-order chi connectivity index (χ1) is 8.47. The lowest BCUT2D eigenvalue weighted by atomic mass is 10.1. The summed E-state index contributed by atoms with van der Waals surface area (Å²) >= 11 is 1.56. The van der Waals surface area contributed by atoms with Crippen molar-refractivity contribution in [1.29, 1.82) is 0 Å². The Hall–Kier alpha value is -1.00.